The van der Waals surface area contributed by atoms with Crippen LogP contribution in [-0.2, 0) is 5.41 Å². The Balaban J connectivity index is 1.55. The van der Waals surface area contributed by atoms with Gasteiger partial charge in [0, 0.05) is 12.0 Å². The topological polar surface area (TPSA) is 59.8 Å². The van der Waals surface area contributed by atoms with Crippen LogP contribution in [0.4, 0.5) is 0 Å². The van der Waals surface area contributed by atoms with E-state index in [2.05, 4.69) is 46.8 Å². The number of aromatic nitrogens is 3. The van der Waals surface area contributed by atoms with Gasteiger partial charge in [0.25, 0.3) is 5.91 Å². The van der Waals surface area contributed by atoms with Gasteiger partial charge in [-0.05, 0) is 30.2 Å². The Morgan fingerprint density at radius 1 is 0.862 bits per heavy atom. The molecule has 0 aliphatic heterocycles. The lowest BCUT2D eigenvalue weighted by molar-refractivity contribution is 0.0942. The Labute approximate surface area is 170 Å². The molecule has 0 bridgehead atoms. The van der Waals surface area contributed by atoms with Gasteiger partial charge in [-0.25, -0.2) is 4.68 Å². The molecule has 5 nitrogen and oxygen atoms in total. The first kappa shape index (κ1) is 18.6. The number of carbonyl (C=O) groups is 1. The lowest BCUT2D eigenvalue weighted by atomic mass is 9.76. The molecule has 0 aliphatic rings. The minimum Gasteiger partial charge on any atom is -0.349 e. The van der Waals surface area contributed by atoms with Gasteiger partial charge >= 0.3 is 0 Å². The molecular formula is C24H22N4O. The fourth-order valence-corrected chi connectivity index (χ4v) is 3.41. The summed E-state index contributed by atoms with van der Waals surface area (Å²) in [7, 11) is 0. The summed E-state index contributed by atoms with van der Waals surface area (Å²) in [5.41, 5.74) is 3.06. The van der Waals surface area contributed by atoms with E-state index >= 15 is 0 Å². The summed E-state index contributed by atoms with van der Waals surface area (Å²) < 4.78 is 1.60. The number of para-hydroxylation sites is 1. The zero-order valence-electron chi connectivity index (χ0n) is 16.2. The molecule has 3 aromatic carbocycles. The summed E-state index contributed by atoms with van der Waals surface area (Å²) in [6.45, 7) is 2.58. The molecule has 4 aromatic rings. The van der Waals surface area contributed by atoms with Crippen LogP contribution in [0.15, 0.2) is 97.2 Å². The van der Waals surface area contributed by atoms with Gasteiger partial charge in [-0.3, -0.25) is 4.79 Å². The van der Waals surface area contributed by atoms with Crippen molar-refractivity contribution in [3.8, 4) is 5.69 Å². The molecule has 0 unspecified atom stereocenters. The zero-order valence-corrected chi connectivity index (χ0v) is 16.2. The summed E-state index contributed by atoms with van der Waals surface area (Å²) >= 11 is 0. The second kappa shape index (κ2) is 8.10. The monoisotopic (exact) mass is 382 g/mol. The van der Waals surface area contributed by atoms with Crippen LogP contribution in [0.3, 0.4) is 0 Å². The highest BCUT2D eigenvalue weighted by Crippen LogP contribution is 2.31. The summed E-state index contributed by atoms with van der Waals surface area (Å²) in [4.78, 5) is 12.8. The van der Waals surface area contributed by atoms with Crippen LogP contribution in [0.2, 0.25) is 0 Å². The fourth-order valence-electron chi connectivity index (χ4n) is 3.41. The number of benzene rings is 3. The first-order valence-corrected chi connectivity index (χ1v) is 9.54. The highest BCUT2D eigenvalue weighted by atomic mass is 16.2. The van der Waals surface area contributed by atoms with Crippen LogP contribution in [0, 0.1) is 0 Å². The van der Waals surface area contributed by atoms with Crippen molar-refractivity contribution in [1.29, 1.82) is 0 Å². The average Bonchev–Trinajstić information content (AvgIpc) is 3.29. The van der Waals surface area contributed by atoms with Gasteiger partial charge in [-0.1, -0.05) is 84.1 Å². The van der Waals surface area contributed by atoms with Gasteiger partial charge in [0.2, 0.25) is 0 Å². The molecule has 1 heterocycles. The maximum atomic E-state index is 12.8. The summed E-state index contributed by atoms with van der Waals surface area (Å²) in [5, 5.41) is 11.2. The molecule has 144 valence electrons. The molecule has 0 fully saturated rings. The predicted octanol–water partition coefficient (Wildman–Crippen LogP) is 4.00. The molecule has 0 atom stereocenters. The summed E-state index contributed by atoms with van der Waals surface area (Å²) in [5.74, 6) is -0.245. The van der Waals surface area contributed by atoms with Crippen molar-refractivity contribution >= 4 is 5.91 Å². The average molecular weight is 382 g/mol. The first-order chi connectivity index (χ1) is 14.2. The molecule has 4 rings (SSSR count). The lowest BCUT2D eigenvalue weighted by Crippen LogP contribution is -2.39. The van der Waals surface area contributed by atoms with E-state index in [4.69, 9.17) is 0 Å². The number of amides is 1. The minimum atomic E-state index is -0.367. The first-order valence-electron chi connectivity index (χ1n) is 9.54. The number of carbonyl (C=O) groups excluding carboxylic acids is 1. The minimum absolute atomic E-state index is 0.245. The quantitative estimate of drug-likeness (QED) is 0.548. The lowest BCUT2D eigenvalue weighted by Gasteiger charge is -2.31. The molecule has 0 saturated heterocycles. The Bertz CT molecular complexity index is 1040. The maximum Gasteiger partial charge on any atom is 0.273 e. The zero-order chi connectivity index (χ0) is 20.1. The van der Waals surface area contributed by atoms with E-state index in [1.165, 1.54) is 0 Å². The molecule has 29 heavy (non-hydrogen) atoms. The molecule has 1 aromatic heterocycles. The van der Waals surface area contributed by atoms with Crippen molar-refractivity contribution in [2.24, 2.45) is 0 Å². The van der Waals surface area contributed by atoms with Crippen molar-refractivity contribution in [2.45, 2.75) is 12.3 Å². The summed E-state index contributed by atoms with van der Waals surface area (Å²) in [6.07, 6.45) is 1.65. The van der Waals surface area contributed by atoms with Crippen molar-refractivity contribution in [3.05, 3.63) is 114 Å². The van der Waals surface area contributed by atoms with Crippen molar-refractivity contribution in [3.63, 3.8) is 0 Å². The van der Waals surface area contributed by atoms with Gasteiger partial charge in [-0.15, -0.1) is 5.10 Å². The van der Waals surface area contributed by atoms with Gasteiger partial charge in [-0.2, -0.15) is 0 Å². The molecule has 0 saturated carbocycles. The number of rotatable bonds is 6. The van der Waals surface area contributed by atoms with E-state index in [1.807, 2.05) is 66.7 Å². The smallest absolute Gasteiger partial charge is 0.273 e. The fraction of sp³-hybridized carbons (Fsp3) is 0.125. The van der Waals surface area contributed by atoms with E-state index in [1.54, 1.807) is 10.9 Å². The largest absolute Gasteiger partial charge is 0.349 e. The van der Waals surface area contributed by atoms with E-state index in [-0.39, 0.29) is 17.0 Å². The molecule has 0 aliphatic carbocycles. The maximum absolute atomic E-state index is 12.8. The molecule has 1 N–H and O–H groups in total. The highest BCUT2D eigenvalue weighted by Gasteiger charge is 2.29. The Hall–Kier alpha value is -3.73. The SMILES string of the molecule is CC(CNC(=O)c1cn(-c2ccccc2)nn1)(c1ccccc1)c1ccccc1. The number of nitrogens with one attached hydrogen (secondary N) is 1. The second-order valence-corrected chi connectivity index (χ2v) is 7.13. The van der Waals surface area contributed by atoms with Crippen molar-refractivity contribution < 1.29 is 4.79 Å². The molecule has 1 amide bonds. The van der Waals surface area contributed by atoms with Gasteiger partial charge < -0.3 is 5.32 Å². The molecular weight excluding hydrogens is 360 g/mol. The Morgan fingerprint density at radius 2 is 1.38 bits per heavy atom. The molecule has 5 heteroatoms. The summed E-state index contributed by atoms with van der Waals surface area (Å²) in [6, 6.07) is 30.0. The third-order valence-corrected chi connectivity index (χ3v) is 5.17. The van der Waals surface area contributed by atoms with E-state index in [9.17, 15) is 4.79 Å². The van der Waals surface area contributed by atoms with Crippen molar-refractivity contribution in [2.75, 3.05) is 6.54 Å². The number of hydrogen-bond acceptors (Lipinski definition) is 3. The number of hydrogen-bond donors (Lipinski definition) is 1. The van der Waals surface area contributed by atoms with E-state index in [0.717, 1.165) is 16.8 Å². The Kier molecular flexibility index (Phi) is 5.20. The van der Waals surface area contributed by atoms with Gasteiger partial charge in [0.15, 0.2) is 5.69 Å². The normalized spacial score (nSPS) is 11.2. The van der Waals surface area contributed by atoms with Crippen LogP contribution in [0.5, 0.6) is 0 Å². The van der Waals surface area contributed by atoms with Gasteiger partial charge in [0.05, 0.1) is 11.9 Å². The van der Waals surface area contributed by atoms with Crippen LogP contribution < -0.4 is 5.32 Å². The third kappa shape index (κ3) is 3.94. The van der Waals surface area contributed by atoms with Crippen molar-refractivity contribution in [1.82, 2.24) is 20.3 Å². The van der Waals surface area contributed by atoms with E-state index < -0.39 is 0 Å². The molecule has 0 radical (unpaired) electrons. The molecule has 0 spiro atoms. The van der Waals surface area contributed by atoms with Crippen LogP contribution in [-0.4, -0.2) is 27.4 Å². The number of nitrogens with zero attached hydrogens (tertiary/aromatic N) is 3. The predicted molar refractivity (Wildman–Crippen MR) is 113 cm³/mol. The Morgan fingerprint density at radius 3 is 1.93 bits per heavy atom. The highest BCUT2D eigenvalue weighted by molar-refractivity contribution is 5.92. The van der Waals surface area contributed by atoms with Crippen LogP contribution in [0.25, 0.3) is 5.69 Å². The standard InChI is InChI=1S/C24H22N4O/c1-24(19-11-5-2-6-12-19,20-13-7-3-8-14-20)18-25-23(29)22-17-28(27-26-22)21-15-9-4-10-16-21/h2-17H,18H2,1H3,(H,25,29). The van der Waals surface area contributed by atoms with Crippen LogP contribution >= 0.6 is 0 Å². The van der Waals surface area contributed by atoms with Crippen LogP contribution in [0.1, 0.15) is 28.5 Å². The third-order valence-electron chi connectivity index (χ3n) is 5.17. The van der Waals surface area contributed by atoms with Gasteiger partial charge in [0.1, 0.15) is 0 Å². The second-order valence-electron chi connectivity index (χ2n) is 7.13. The van der Waals surface area contributed by atoms with E-state index in [0.29, 0.717) is 6.54 Å².